The number of hydrogen-bond donors (Lipinski definition) is 1. The van der Waals surface area contributed by atoms with Crippen molar-refractivity contribution in [3.63, 3.8) is 0 Å². The molecule has 0 saturated heterocycles. The monoisotopic (exact) mass is 389 g/mol. The second-order valence-corrected chi connectivity index (χ2v) is 8.23. The first-order chi connectivity index (χ1) is 14.0. The number of nitrogens with one attached hydrogen (secondary N) is 1. The summed E-state index contributed by atoms with van der Waals surface area (Å²) in [7, 11) is 0. The summed E-state index contributed by atoms with van der Waals surface area (Å²) < 4.78 is 5.99. The fourth-order valence-electron chi connectivity index (χ4n) is 4.33. The highest BCUT2D eigenvalue weighted by atomic mass is 16.6. The van der Waals surface area contributed by atoms with Gasteiger partial charge >= 0.3 is 5.97 Å². The molecule has 4 rings (SSSR count). The smallest absolute Gasteiger partial charge is 0.311 e. The minimum absolute atomic E-state index is 0.0158. The summed E-state index contributed by atoms with van der Waals surface area (Å²) in [5.41, 5.74) is 2.50. The zero-order chi connectivity index (χ0) is 20.3. The maximum atomic E-state index is 12.8. The number of carbonyl (C=O) groups excluding carboxylic acids is 2. The SMILES string of the molecule is CC1(OC(=O)C2CCCCC2)Cc2ccccc2/C(=C/C(=O)c2ccccc2)N1. The number of allylic oxidation sites excluding steroid dienone is 1. The van der Waals surface area contributed by atoms with E-state index >= 15 is 0 Å². The van der Waals surface area contributed by atoms with Gasteiger partial charge in [0, 0.05) is 29.3 Å². The Hall–Kier alpha value is -2.88. The van der Waals surface area contributed by atoms with E-state index in [0.29, 0.717) is 17.7 Å². The molecule has 0 aromatic heterocycles. The quantitative estimate of drug-likeness (QED) is 0.459. The number of ether oxygens (including phenoxy) is 1. The predicted molar refractivity (Wildman–Crippen MR) is 113 cm³/mol. The lowest BCUT2D eigenvalue weighted by atomic mass is 9.88. The van der Waals surface area contributed by atoms with E-state index in [4.69, 9.17) is 4.74 Å². The van der Waals surface area contributed by atoms with E-state index in [1.165, 1.54) is 6.42 Å². The molecule has 0 amide bonds. The van der Waals surface area contributed by atoms with Crippen LogP contribution < -0.4 is 5.32 Å². The van der Waals surface area contributed by atoms with E-state index in [9.17, 15) is 9.59 Å². The molecule has 1 unspecified atom stereocenters. The van der Waals surface area contributed by atoms with E-state index in [-0.39, 0.29) is 17.7 Å². The molecule has 4 nitrogen and oxygen atoms in total. The summed E-state index contributed by atoms with van der Waals surface area (Å²) in [5, 5.41) is 3.35. The van der Waals surface area contributed by atoms with Gasteiger partial charge in [-0.1, -0.05) is 73.9 Å². The van der Waals surface area contributed by atoms with Crippen molar-refractivity contribution < 1.29 is 14.3 Å². The highest BCUT2D eigenvalue weighted by molar-refractivity contribution is 6.08. The van der Waals surface area contributed by atoms with E-state index in [0.717, 1.165) is 36.8 Å². The molecule has 1 atom stereocenters. The van der Waals surface area contributed by atoms with Crippen molar-refractivity contribution in [3.05, 3.63) is 77.4 Å². The topological polar surface area (TPSA) is 55.4 Å². The van der Waals surface area contributed by atoms with Crippen LogP contribution in [0.1, 0.15) is 60.5 Å². The van der Waals surface area contributed by atoms with Crippen molar-refractivity contribution in [2.24, 2.45) is 5.92 Å². The number of benzene rings is 2. The van der Waals surface area contributed by atoms with Crippen LogP contribution in [0, 0.1) is 5.92 Å². The summed E-state index contributed by atoms with van der Waals surface area (Å²) in [5.74, 6) is -0.225. The summed E-state index contributed by atoms with van der Waals surface area (Å²) in [4.78, 5) is 25.6. The predicted octanol–water partition coefficient (Wildman–Crippen LogP) is 4.90. The number of rotatable bonds is 4. The molecular formula is C25H27NO3. The number of fused-ring (bicyclic) bond motifs is 1. The molecule has 2 aromatic rings. The van der Waals surface area contributed by atoms with E-state index in [1.54, 1.807) is 18.2 Å². The van der Waals surface area contributed by atoms with Gasteiger partial charge in [0.1, 0.15) is 0 Å². The van der Waals surface area contributed by atoms with Crippen LogP contribution in [0.25, 0.3) is 5.70 Å². The van der Waals surface area contributed by atoms with Gasteiger partial charge in [0.2, 0.25) is 0 Å². The number of ketones is 1. The normalized spacial score (nSPS) is 23.1. The first-order valence-corrected chi connectivity index (χ1v) is 10.4. The van der Waals surface area contributed by atoms with Crippen molar-refractivity contribution in [1.82, 2.24) is 5.32 Å². The molecule has 1 saturated carbocycles. The van der Waals surface area contributed by atoms with Crippen molar-refractivity contribution in [2.75, 3.05) is 0 Å². The Morgan fingerprint density at radius 1 is 1.00 bits per heavy atom. The Balaban J connectivity index is 1.61. The molecule has 1 aliphatic heterocycles. The zero-order valence-corrected chi connectivity index (χ0v) is 16.8. The summed E-state index contributed by atoms with van der Waals surface area (Å²) >= 11 is 0. The zero-order valence-electron chi connectivity index (χ0n) is 16.8. The lowest BCUT2D eigenvalue weighted by molar-refractivity contribution is -0.166. The molecule has 1 aliphatic carbocycles. The van der Waals surface area contributed by atoms with Crippen LogP contribution in [-0.2, 0) is 16.0 Å². The summed E-state index contributed by atoms with van der Waals surface area (Å²) in [6, 6.07) is 17.2. The summed E-state index contributed by atoms with van der Waals surface area (Å²) in [6.07, 6.45) is 7.36. The van der Waals surface area contributed by atoms with Crippen molar-refractivity contribution in [3.8, 4) is 0 Å². The average Bonchev–Trinajstić information content (AvgIpc) is 2.74. The van der Waals surface area contributed by atoms with E-state index < -0.39 is 5.72 Å². The molecule has 0 bridgehead atoms. The average molecular weight is 389 g/mol. The number of carbonyl (C=O) groups is 2. The van der Waals surface area contributed by atoms with E-state index in [2.05, 4.69) is 5.32 Å². The van der Waals surface area contributed by atoms with Crippen LogP contribution in [0.15, 0.2) is 60.7 Å². The Morgan fingerprint density at radius 2 is 1.69 bits per heavy atom. The van der Waals surface area contributed by atoms with Crippen LogP contribution in [0.3, 0.4) is 0 Å². The Labute approximate surface area is 172 Å². The molecule has 4 heteroatoms. The van der Waals surface area contributed by atoms with Crippen LogP contribution >= 0.6 is 0 Å². The molecule has 1 heterocycles. The third-order valence-electron chi connectivity index (χ3n) is 5.83. The fraction of sp³-hybridized carbons (Fsp3) is 0.360. The Bertz CT molecular complexity index is 928. The van der Waals surface area contributed by atoms with Gasteiger partial charge in [-0.2, -0.15) is 0 Å². The third kappa shape index (κ3) is 4.42. The van der Waals surface area contributed by atoms with Crippen molar-refractivity contribution in [1.29, 1.82) is 0 Å². The highest BCUT2D eigenvalue weighted by Gasteiger charge is 2.37. The Kier molecular flexibility index (Phi) is 5.52. The summed E-state index contributed by atoms with van der Waals surface area (Å²) in [6.45, 7) is 1.89. The van der Waals surface area contributed by atoms with Gasteiger partial charge in [0.25, 0.3) is 0 Å². The molecule has 29 heavy (non-hydrogen) atoms. The van der Waals surface area contributed by atoms with Crippen LogP contribution in [-0.4, -0.2) is 17.5 Å². The van der Waals surface area contributed by atoms with Gasteiger partial charge in [-0.15, -0.1) is 0 Å². The molecule has 1 fully saturated rings. The lowest BCUT2D eigenvalue weighted by Gasteiger charge is -2.38. The maximum Gasteiger partial charge on any atom is 0.311 e. The molecule has 0 radical (unpaired) electrons. The Morgan fingerprint density at radius 3 is 2.45 bits per heavy atom. The molecule has 150 valence electrons. The van der Waals surface area contributed by atoms with Gasteiger partial charge in [0.15, 0.2) is 11.5 Å². The van der Waals surface area contributed by atoms with Crippen LogP contribution in [0.2, 0.25) is 0 Å². The first-order valence-electron chi connectivity index (χ1n) is 10.4. The van der Waals surface area contributed by atoms with Crippen LogP contribution in [0.4, 0.5) is 0 Å². The third-order valence-corrected chi connectivity index (χ3v) is 5.83. The molecular weight excluding hydrogens is 362 g/mol. The molecule has 2 aromatic carbocycles. The van der Waals surface area contributed by atoms with Crippen molar-refractivity contribution >= 4 is 17.4 Å². The molecule has 0 spiro atoms. The minimum Gasteiger partial charge on any atom is -0.439 e. The number of hydrogen-bond acceptors (Lipinski definition) is 4. The van der Waals surface area contributed by atoms with Gasteiger partial charge in [0.05, 0.1) is 5.92 Å². The van der Waals surface area contributed by atoms with Gasteiger partial charge in [-0.25, -0.2) is 0 Å². The van der Waals surface area contributed by atoms with Crippen molar-refractivity contribution in [2.45, 2.75) is 51.2 Å². The highest BCUT2D eigenvalue weighted by Crippen LogP contribution is 2.33. The lowest BCUT2D eigenvalue weighted by Crippen LogP contribution is -2.51. The van der Waals surface area contributed by atoms with Gasteiger partial charge in [-0.3, -0.25) is 9.59 Å². The minimum atomic E-state index is -0.869. The first kappa shape index (κ1) is 19.4. The van der Waals surface area contributed by atoms with E-state index in [1.807, 2.05) is 49.4 Å². The fourth-order valence-corrected chi connectivity index (χ4v) is 4.33. The second kappa shape index (κ2) is 8.24. The number of esters is 1. The maximum absolute atomic E-state index is 12.8. The van der Waals surface area contributed by atoms with Gasteiger partial charge < -0.3 is 10.1 Å². The molecule has 2 aliphatic rings. The molecule has 1 N–H and O–H groups in total. The standard InChI is InChI=1S/C25H27NO3/c1-25(29-24(28)19-12-6-3-7-13-19)17-20-14-8-9-15-21(20)22(26-25)16-23(27)18-10-4-2-5-11-18/h2,4-5,8-11,14-16,19,26H,3,6-7,12-13,17H2,1H3/b22-16-. The van der Waals surface area contributed by atoms with Gasteiger partial charge in [-0.05, 0) is 25.3 Å². The largest absolute Gasteiger partial charge is 0.439 e. The van der Waals surface area contributed by atoms with Crippen LogP contribution in [0.5, 0.6) is 0 Å². The second-order valence-electron chi connectivity index (χ2n) is 8.23.